The first-order valence-corrected chi connectivity index (χ1v) is 8.35. The summed E-state index contributed by atoms with van der Waals surface area (Å²) < 4.78 is 0. The lowest BCUT2D eigenvalue weighted by Gasteiger charge is -2.27. The molecule has 130 valence electrons. The maximum Gasteiger partial charge on any atom is 0.264 e. The van der Waals surface area contributed by atoms with Crippen molar-refractivity contribution in [2.45, 2.75) is 38.3 Å². The van der Waals surface area contributed by atoms with Crippen LogP contribution in [0, 0.1) is 0 Å². The number of hydrogen-bond acceptors (Lipinski definition) is 6. The highest BCUT2D eigenvalue weighted by Crippen LogP contribution is 2.35. The molecule has 0 spiro atoms. The summed E-state index contributed by atoms with van der Waals surface area (Å²) in [6, 6.07) is 0.766. The first-order chi connectivity index (χ1) is 12.0. The molecule has 1 saturated heterocycles. The summed E-state index contributed by atoms with van der Waals surface area (Å²) in [5.74, 6) is -2.08. The molecule has 1 aromatic carbocycles. The Kier molecular flexibility index (Phi) is 3.57. The van der Waals surface area contributed by atoms with E-state index in [1.807, 2.05) is 0 Å². The van der Waals surface area contributed by atoms with Gasteiger partial charge in [0, 0.05) is 18.7 Å². The second kappa shape index (κ2) is 5.66. The number of rotatable bonds is 1. The molecule has 4 N–H and O–H groups in total. The summed E-state index contributed by atoms with van der Waals surface area (Å²) >= 11 is 0. The number of nitrogens with zero attached hydrogens (tertiary/aromatic N) is 1. The van der Waals surface area contributed by atoms with Crippen LogP contribution in [0.4, 0.5) is 5.69 Å². The van der Waals surface area contributed by atoms with Gasteiger partial charge >= 0.3 is 0 Å². The number of amides is 4. The second-order valence-electron chi connectivity index (χ2n) is 6.58. The first-order valence-electron chi connectivity index (χ1n) is 8.35. The van der Waals surface area contributed by atoms with Crippen LogP contribution in [0.25, 0.3) is 0 Å². The molecule has 3 aliphatic rings. The molecule has 8 nitrogen and oxygen atoms in total. The number of piperidine rings is 1. The molecule has 0 radical (unpaired) electrons. The predicted molar refractivity (Wildman–Crippen MR) is 87.6 cm³/mol. The molecule has 3 aliphatic heterocycles. The lowest BCUT2D eigenvalue weighted by molar-refractivity contribution is -0.136. The van der Waals surface area contributed by atoms with Gasteiger partial charge in [0.2, 0.25) is 11.8 Å². The lowest BCUT2D eigenvalue weighted by Crippen LogP contribution is -2.54. The smallest absolute Gasteiger partial charge is 0.264 e. The number of nitrogens with one attached hydrogen (secondary N) is 2. The fourth-order valence-corrected chi connectivity index (χ4v) is 3.80. The molecule has 4 amide bonds. The number of nitrogen functional groups attached to an aromatic ring is 1. The van der Waals surface area contributed by atoms with Crippen molar-refractivity contribution < 1.29 is 19.2 Å². The van der Waals surface area contributed by atoms with Gasteiger partial charge in [0.1, 0.15) is 6.04 Å². The zero-order valence-corrected chi connectivity index (χ0v) is 13.6. The van der Waals surface area contributed by atoms with Crippen LogP contribution >= 0.6 is 0 Å². The number of fused-ring (bicyclic) bond motifs is 2. The van der Waals surface area contributed by atoms with Crippen molar-refractivity contribution in [2.75, 3.05) is 12.3 Å². The maximum atomic E-state index is 12.9. The van der Waals surface area contributed by atoms with E-state index < -0.39 is 29.7 Å². The summed E-state index contributed by atoms with van der Waals surface area (Å²) in [4.78, 5) is 50.1. The number of carbonyl (C=O) groups is 4. The van der Waals surface area contributed by atoms with Crippen molar-refractivity contribution in [1.29, 1.82) is 0 Å². The molecule has 0 bridgehead atoms. The molecule has 0 saturated carbocycles. The normalized spacial score (nSPS) is 23.2. The third kappa shape index (κ3) is 2.32. The van der Waals surface area contributed by atoms with Crippen molar-refractivity contribution in [3.05, 3.63) is 28.3 Å². The SMILES string of the molecule is Nc1c2c(cc3c1C(=O)N(C1CCC(=O)NC1=O)C3=O)CCCNC2. The summed E-state index contributed by atoms with van der Waals surface area (Å²) in [5, 5.41) is 5.44. The molecule has 4 rings (SSSR count). The summed E-state index contributed by atoms with van der Waals surface area (Å²) in [6.45, 7) is 1.40. The van der Waals surface area contributed by atoms with Crippen molar-refractivity contribution in [1.82, 2.24) is 15.5 Å². The molecule has 3 heterocycles. The number of carbonyl (C=O) groups excluding carboxylic acids is 4. The minimum Gasteiger partial charge on any atom is -0.398 e. The van der Waals surface area contributed by atoms with Crippen LogP contribution in [-0.4, -0.2) is 41.1 Å². The Morgan fingerprint density at radius 2 is 1.92 bits per heavy atom. The van der Waals surface area contributed by atoms with E-state index >= 15 is 0 Å². The predicted octanol–water partition coefficient (Wildman–Crippen LogP) is -0.294. The Labute approximate surface area is 143 Å². The number of nitrogens with two attached hydrogens (primary N) is 1. The molecule has 8 heteroatoms. The average Bonchev–Trinajstić information content (AvgIpc) is 2.74. The summed E-state index contributed by atoms with van der Waals surface area (Å²) in [7, 11) is 0. The fourth-order valence-electron chi connectivity index (χ4n) is 3.80. The third-order valence-electron chi connectivity index (χ3n) is 5.08. The van der Waals surface area contributed by atoms with Crippen LogP contribution in [0.15, 0.2) is 6.07 Å². The van der Waals surface area contributed by atoms with Gasteiger partial charge in [0.25, 0.3) is 11.8 Å². The van der Waals surface area contributed by atoms with Gasteiger partial charge in [-0.25, -0.2) is 0 Å². The molecular weight excluding hydrogens is 324 g/mol. The highest BCUT2D eigenvalue weighted by Gasteiger charge is 2.46. The van der Waals surface area contributed by atoms with Crippen molar-refractivity contribution >= 4 is 29.3 Å². The average molecular weight is 342 g/mol. The van der Waals surface area contributed by atoms with E-state index in [0.717, 1.165) is 35.4 Å². The lowest BCUT2D eigenvalue weighted by atomic mass is 9.95. The van der Waals surface area contributed by atoms with Crippen molar-refractivity contribution in [2.24, 2.45) is 0 Å². The van der Waals surface area contributed by atoms with Gasteiger partial charge in [-0.15, -0.1) is 0 Å². The van der Waals surface area contributed by atoms with Crippen LogP contribution in [0.5, 0.6) is 0 Å². The van der Waals surface area contributed by atoms with Crippen LogP contribution in [-0.2, 0) is 22.6 Å². The zero-order chi connectivity index (χ0) is 17.7. The Morgan fingerprint density at radius 3 is 2.68 bits per heavy atom. The summed E-state index contributed by atoms with van der Waals surface area (Å²) in [5.41, 5.74) is 8.80. The standard InChI is InChI=1S/C17H18N4O4/c18-14-10-7-19-5-1-2-8(10)6-9-13(14)17(25)21(16(9)24)11-3-4-12(22)20-15(11)23/h6,11,19H,1-5,7,18H2,(H,20,22,23). The number of aryl methyl sites for hydroxylation is 1. The Hall–Kier alpha value is -2.74. The molecule has 0 aliphatic carbocycles. The van der Waals surface area contributed by atoms with Gasteiger partial charge in [0.15, 0.2) is 0 Å². The van der Waals surface area contributed by atoms with E-state index in [1.165, 1.54) is 0 Å². The number of anilines is 1. The van der Waals surface area contributed by atoms with Gasteiger partial charge < -0.3 is 11.1 Å². The monoisotopic (exact) mass is 342 g/mol. The fraction of sp³-hybridized carbons (Fsp3) is 0.412. The van der Waals surface area contributed by atoms with E-state index in [0.29, 0.717) is 12.2 Å². The highest BCUT2D eigenvalue weighted by molar-refractivity contribution is 6.25. The first kappa shape index (κ1) is 15.8. The number of benzene rings is 1. The molecule has 25 heavy (non-hydrogen) atoms. The van der Waals surface area contributed by atoms with Crippen molar-refractivity contribution in [3.63, 3.8) is 0 Å². The Bertz CT molecular complexity index is 832. The quantitative estimate of drug-likeness (QED) is 0.476. The van der Waals surface area contributed by atoms with Crippen LogP contribution in [0.2, 0.25) is 0 Å². The van der Waals surface area contributed by atoms with Gasteiger partial charge in [-0.2, -0.15) is 0 Å². The van der Waals surface area contributed by atoms with E-state index in [2.05, 4.69) is 10.6 Å². The third-order valence-corrected chi connectivity index (χ3v) is 5.08. The largest absolute Gasteiger partial charge is 0.398 e. The van der Waals surface area contributed by atoms with Gasteiger partial charge in [-0.1, -0.05) is 0 Å². The van der Waals surface area contributed by atoms with Gasteiger partial charge in [-0.05, 0) is 43.0 Å². The maximum absolute atomic E-state index is 12.9. The molecular formula is C17H18N4O4. The topological polar surface area (TPSA) is 122 Å². The van der Waals surface area contributed by atoms with Crippen LogP contribution < -0.4 is 16.4 Å². The van der Waals surface area contributed by atoms with E-state index in [-0.39, 0.29) is 24.0 Å². The minimum absolute atomic E-state index is 0.0969. The minimum atomic E-state index is -0.970. The second-order valence-corrected chi connectivity index (χ2v) is 6.58. The number of hydrogen-bond donors (Lipinski definition) is 3. The molecule has 1 unspecified atom stereocenters. The van der Waals surface area contributed by atoms with Crippen molar-refractivity contribution in [3.8, 4) is 0 Å². The Morgan fingerprint density at radius 1 is 1.12 bits per heavy atom. The van der Waals surface area contributed by atoms with Gasteiger partial charge in [-0.3, -0.25) is 29.4 Å². The van der Waals surface area contributed by atoms with E-state index in [1.54, 1.807) is 6.07 Å². The molecule has 1 aromatic rings. The van der Waals surface area contributed by atoms with E-state index in [4.69, 9.17) is 5.73 Å². The molecule has 0 aromatic heterocycles. The Balaban J connectivity index is 1.76. The van der Waals surface area contributed by atoms with Crippen LogP contribution in [0.1, 0.15) is 51.1 Å². The van der Waals surface area contributed by atoms with Crippen LogP contribution in [0.3, 0.4) is 0 Å². The highest BCUT2D eigenvalue weighted by atomic mass is 16.2. The van der Waals surface area contributed by atoms with E-state index in [9.17, 15) is 19.2 Å². The zero-order valence-electron chi connectivity index (χ0n) is 13.6. The molecule has 1 atom stereocenters. The van der Waals surface area contributed by atoms with Gasteiger partial charge in [0.05, 0.1) is 11.1 Å². The summed E-state index contributed by atoms with van der Waals surface area (Å²) in [6.07, 6.45) is 1.93. The molecule has 1 fully saturated rings. The number of imide groups is 2.